The molecule has 1 fully saturated rings. The lowest BCUT2D eigenvalue weighted by molar-refractivity contribution is -0.140. The Labute approximate surface area is 114 Å². The van der Waals surface area contributed by atoms with Crippen molar-refractivity contribution in [1.82, 2.24) is 15.2 Å². The number of carbonyl (C=O) groups excluding carboxylic acids is 3. The molecule has 0 bridgehead atoms. The van der Waals surface area contributed by atoms with Crippen LogP contribution in [0, 0.1) is 11.3 Å². The Morgan fingerprint density at radius 2 is 2.20 bits per heavy atom. The summed E-state index contributed by atoms with van der Waals surface area (Å²) in [5.74, 6) is -1.56. The molecule has 1 aromatic heterocycles. The first-order valence-electron chi connectivity index (χ1n) is 6.09. The third kappa shape index (κ3) is 1.51. The molecule has 0 aromatic carbocycles. The highest BCUT2D eigenvalue weighted by Gasteiger charge is 2.52. The summed E-state index contributed by atoms with van der Waals surface area (Å²) in [7, 11) is 0. The Balaban J connectivity index is 2.01. The highest BCUT2D eigenvalue weighted by Crippen LogP contribution is 2.33. The summed E-state index contributed by atoms with van der Waals surface area (Å²) in [6.07, 6.45) is 3.03. The maximum Gasteiger partial charge on any atom is 0.267 e. The van der Waals surface area contributed by atoms with Crippen LogP contribution in [0.25, 0.3) is 0 Å². The first kappa shape index (κ1) is 12.3. The molecule has 3 heterocycles. The zero-order chi connectivity index (χ0) is 14.3. The molecule has 3 amide bonds. The predicted molar refractivity (Wildman–Crippen MR) is 64.8 cm³/mol. The van der Waals surface area contributed by atoms with Crippen molar-refractivity contribution in [3.8, 4) is 6.07 Å². The molecular weight excluding hydrogens is 260 g/mol. The van der Waals surface area contributed by atoms with Crippen LogP contribution >= 0.6 is 0 Å². The SMILES string of the molecule is N#CC1(N2Cc3ccncc3C2=O)CCC(=O)NC1=O. The number of nitriles is 1. The van der Waals surface area contributed by atoms with Crippen molar-refractivity contribution in [2.45, 2.75) is 24.9 Å². The number of aromatic nitrogens is 1. The Morgan fingerprint density at radius 1 is 1.40 bits per heavy atom. The third-order valence-corrected chi connectivity index (χ3v) is 3.70. The molecule has 1 unspecified atom stereocenters. The van der Waals surface area contributed by atoms with Crippen molar-refractivity contribution in [2.75, 3.05) is 0 Å². The van der Waals surface area contributed by atoms with Gasteiger partial charge in [-0.2, -0.15) is 5.26 Å². The Bertz CT molecular complexity index is 678. The van der Waals surface area contributed by atoms with Crippen molar-refractivity contribution < 1.29 is 14.4 Å². The van der Waals surface area contributed by atoms with Gasteiger partial charge in [0.1, 0.15) is 6.07 Å². The van der Waals surface area contributed by atoms with Gasteiger partial charge in [-0.15, -0.1) is 0 Å². The average Bonchev–Trinajstić information content (AvgIpc) is 2.78. The largest absolute Gasteiger partial charge is 0.308 e. The number of fused-ring (bicyclic) bond motifs is 1. The first-order chi connectivity index (χ1) is 9.58. The van der Waals surface area contributed by atoms with Crippen molar-refractivity contribution >= 4 is 17.7 Å². The fourth-order valence-corrected chi connectivity index (χ4v) is 2.57. The number of hydrogen-bond acceptors (Lipinski definition) is 5. The van der Waals surface area contributed by atoms with E-state index in [0.717, 1.165) is 5.56 Å². The molecule has 20 heavy (non-hydrogen) atoms. The zero-order valence-electron chi connectivity index (χ0n) is 10.4. The van der Waals surface area contributed by atoms with Crippen LogP contribution in [0.4, 0.5) is 0 Å². The molecule has 2 aliphatic rings. The number of amides is 3. The Hall–Kier alpha value is -2.75. The summed E-state index contributed by atoms with van der Waals surface area (Å²) in [5.41, 5.74) is -0.500. The molecule has 1 aromatic rings. The van der Waals surface area contributed by atoms with Crippen LogP contribution in [-0.2, 0) is 16.1 Å². The summed E-state index contributed by atoms with van der Waals surface area (Å²) < 4.78 is 0. The molecular formula is C13H10N4O3. The summed E-state index contributed by atoms with van der Waals surface area (Å²) in [5, 5.41) is 11.6. The number of carbonyl (C=O) groups is 3. The van der Waals surface area contributed by atoms with Gasteiger partial charge in [0.25, 0.3) is 11.8 Å². The normalized spacial score (nSPS) is 25.1. The number of pyridine rings is 1. The van der Waals surface area contributed by atoms with Crippen LogP contribution < -0.4 is 5.32 Å². The van der Waals surface area contributed by atoms with Gasteiger partial charge in [-0.1, -0.05) is 0 Å². The minimum Gasteiger partial charge on any atom is -0.308 e. The Morgan fingerprint density at radius 3 is 2.85 bits per heavy atom. The van der Waals surface area contributed by atoms with E-state index in [1.54, 1.807) is 12.3 Å². The lowest BCUT2D eigenvalue weighted by atomic mass is 9.88. The van der Waals surface area contributed by atoms with Crippen LogP contribution in [-0.4, -0.2) is 33.1 Å². The number of imide groups is 1. The van der Waals surface area contributed by atoms with Crippen LogP contribution in [0.1, 0.15) is 28.8 Å². The van der Waals surface area contributed by atoms with Crippen LogP contribution in [0.3, 0.4) is 0 Å². The standard InChI is InChI=1S/C13H10N4O3/c14-7-13(3-1-10(18)16-12(13)20)17-6-8-2-4-15-5-9(8)11(17)19/h2,4-5H,1,3,6H2,(H,16,18,20). The molecule has 0 spiro atoms. The molecule has 7 heteroatoms. The van der Waals surface area contributed by atoms with E-state index >= 15 is 0 Å². The van der Waals surface area contributed by atoms with Crippen molar-refractivity contribution in [3.63, 3.8) is 0 Å². The first-order valence-corrected chi connectivity index (χ1v) is 6.09. The smallest absolute Gasteiger partial charge is 0.267 e. The van der Waals surface area contributed by atoms with Gasteiger partial charge in [-0.25, -0.2) is 0 Å². The summed E-state index contributed by atoms with van der Waals surface area (Å²) in [6.45, 7) is 0.172. The van der Waals surface area contributed by atoms with Gasteiger partial charge >= 0.3 is 0 Å². The highest BCUT2D eigenvalue weighted by atomic mass is 16.2. The van der Waals surface area contributed by atoms with E-state index < -0.39 is 23.3 Å². The minimum atomic E-state index is -1.62. The number of rotatable bonds is 1. The number of nitrogens with one attached hydrogen (secondary N) is 1. The van der Waals surface area contributed by atoms with Gasteiger partial charge in [0.15, 0.2) is 0 Å². The maximum atomic E-state index is 12.4. The van der Waals surface area contributed by atoms with Gasteiger partial charge < -0.3 is 4.90 Å². The van der Waals surface area contributed by atoms with E-state index in [0.29, 0.717) is 5.56 Å². The number of nitrogens with zero attached hydrogens (tertiary/aromatic N) is 3. The van der Waals surface area contributed by atoms with Crippen molar-refractivity contribution in [3.05, 3.63) is 29.6 Å². The summed E-state index contributed by atoms with van der Waals surface area (Å²) >= 11 is 0. The summed E-state index contributed by atoms with van der Waals surface area (Å²) in [4.78, 5) is 40.8. The maximum absolute atomic E-state index is 12.4. The molecule has 1 atom stereocenters. The average molecular weight is 270 g/mol. The second kappa shape index (κ2) is 4.13. The van der Waals surface area contributed by atoms with Crippen molar-refractivity contribution in [2.24, 2.45) is 0 Å². The van der Waals surface area contributed by atoms with Crippen LogP contribution in [0.15, 0.2) is 18.5 Å². The van der Waals surface area contributed by atoms with Crippen molar-refractivity contribution in [1.29, 1.82) is 5.26 Å². The molecule has 0 aliphatic carbocycles. The molecule has 1 N–H and O–H groups in total. The number of hydrogen-bond donors (Lipinski definition) is 1. The predicted octanol–water partition coefficient (Wildman–Crippen LogP) is -0.264. The Kier molecular flexibility index (Phi) is 2.54. The molecule has 0 radical (unpaired) electrons. The monoisotopic (exact) mass is 270 g/mol. The van der Waals surface area contributed by atoms with E-state index in [-0.39, 0.29) is 19.4 Å². The lowest BCUT2D eigenvalue weighted by Gasteiger charge is -2.36. The summed E-state index contributed by atoms with van der Waals surface area (Å²) in [6, 6.07) is 3.60. The van der Waals surface area contributed by atoms with E-state index in [1.165, 1.54) is 11.1 Å². The fraction of sp³-hybridized carbons (Fsp3) is 0.308. The molecule has 3 rings (SSSR count). The van der Waals surface area contributed by atoms with Gasteiger partial charge in [-0.3, -0.25) is 24.7 Å². The van der Waals surface area contributed by atoms with E-state index in [1.807, 2.05) is 6.07 Å². The lowest BCUT2D eigenvalue weighted by Crippen LogP contribution is -2.62. The molecule has 100 valence electrons. The topological polar surface area (TPSA) is 103 Å². The second-order valence-electron chi connectivity index (χ2n) is 4.77. The van der Waals surface area contributed by atoms with Gasteiger partial charge in [0.05, 0.1) is 5.56 Å². The molecule has 2 aliphatic heterocycles. The van der Waals surface area contributed by atoms with Gasteiger partial charge in [-0.05, 0) is 11.6 Å². The highest BCUT2D eigenvalue weighted by molar-refractivity contribution is 6.08. The van der Waals surface area contributed by atoms with E-state index in [4.69, 9.17) is 0 Å². The quantitative estimate of drug-likeness (QED) is 0.708. The van der Waals surface area contributed by atoms with Gasteiger partial charge in [0, 0.05) is 31.8 Å². The molecule has 7 nitrogen and oxygen atoms in total. The zero-order valence-corrected chi connectivity index (χ0v) is 10.4. The van der Waals surface area contributed by atoms with Crippen LogP contribution in [0.5, 0.6) is 0 Å². The molecule has 1 saturated heterocycles. The van der Waals surface area contributed by atoms with E-state index in [9.17, 15) is 19.6 Å². The minimum absolute atomic E-state index is 0.0152. The fourth-order valence-electron chi connectivity index (χ4n) is 2.57. The van der Waals surface area contributed by atoms with Gasteiger partial charge in [0.2, 0.25) is 11.4 Å². The molecule has 0 saturated carbocycles. The second-order valence-corrected chi connectivity index (χ2v) is 4.77. The third-order valence-electron chi connectivity index (χ3n) is 3.70. The number of piperidine rings is 1. The van der Waals surface area contributed by atoms with Crippen LogP contribution in [0.2, 0.25) is 0 Å². The van der Waals surface area contributed by atoms with E-state index in [2.05, 4.69) is 10.3 Å².